The molecule has 78 valence electrons. The Bertz CT molecular complexity index is 381. The van der Waals surface area contributed by atoms with Gasteiger partial charge in [0.2, 0.25) is 0 Å². The molecule has 0 N–H and O–H groups in total. The lowest BCUT2D eigenvalue weighted by Crippen LogP contribution is -2.24. The molecule has 0 atom stereocenters. The second-order valence-corrected chi connectivity index (χ2v) is 4.00. The summed E-state index contributed by atoms with van der Waals surface area (Å²) >= 11 is 1.67. The van der Waals surface area contributed by atoms with Crippen LogP contribution in [-0.2, 0) is 11.3 Å². The zero-order valence-electron chi connectivity index (χ0n) is 8.73. The minimum atomic E-state index is -0.510. The Balaban J connectivity index is 2.66. The van der Waals surface area contributed by atoms with Crippen molar-refractivity contribution in [2.75, 3.05) is 13.3 Å². The van der Waals surface area contributed by atoms with Crippen LogP contribution < -0.4 is 0 Å². The molecule has 4 heteroatoms. The van der Waals surface area contributed by atoms with Crippen LogP contribution in [0.3, 0.4) is 0 Å². The summed E-state index contributed by atoms with van der Waals surface area (Å²) in [5.41, 5.74) is 1.03. The Kier molecular flexibility index (Phi) is 4.19. The molecule has 0 aromatic heterocycles. The van der Waals surface area contributed by atoms with Gasteiger partial charge in [-0.2, -0.15) is 5.26 Å². The first-order valence-corrected chi connectivity index (χ1v) is 5.68. The lowest BCUT2D eigenvalue weighted by molar-refractivity contribution is -0.124. The van der Waals surface area contributed by atoms with Crippen molar-refractivity contribution in [1.82, 2.24) is 4.90 Å². The second kappa shape index (κ2) is 5.42. The van der Waals surface area contributed by atoms with E-state index in [9.17, 15) is 4.79 Å². The summed E-state index contributed by atoms with van der Waals surface area (Å²) in [5.74, 6) is -0.510. The summed E-state index contributed by atoms with van der Waals surface area (Å²) in [5, 5.41) is 8.42. The van der Waals surface area contributed by atoms with Crippen LogP contribution in [0.1, 0.15) is 5.56 Å². The summed E-state index contributed by atoms with van der Waals surface area (Å²) in [6.07, 6.45) is 2.01. The fourth-order valence-corrected chi connectivity index (χ4v) is 1.57. The highest BCUT2D eigenvalue weighted by Crippen LogP contribution is 2.15. The third kappa shape index (κ3) is 3.30. The van der Waals surface area contributed by atoms with Gasteiger partial charge in [0.05, 0.1) is 0 Å². The van der Waals surface area contributed by atoms with Crippen LogP contribution in [0.15, 0.2) is 29.2 Å². The summed E-state index contributed by atoms with van der Waals surface area (Å²) in [6, 6.07) is 9.53. The molecule has 1 aromatic carbocycles. The molecule has 0 saturated heterocycles. The molecule has 1 rings (SSSR count). The molecular formula is C11H12N2OS. The summed E-state index contributed by atoms with van der Waals surface area (Å²) in [7, 11) is 1.62. The Labute approximate surface area is 93.7 Å². The summed E-state index contributed by atoms with van der Waals surface area (Å²) < 4.78 is 0. The van der Waals surface area contributed by atoms with E-state index in [1.165, 1.54) is 9.80 Å². The third-order valence-corrected chi connectivity index (χ3v) is 2.76. The van der Waals surface area contributed by atoms with Crippen molar-refractivity contribution in [2.24, 2.45) is 0 Å². The number of hydrogen-bond donors (Lipinski definition) is 0. The standard InChI is InChI=1S/C11H12N2OS/c1-13(11(14)7-12)8-9-3-5-10(15-2)6-4-9/h3-6H,8H2,1-2H3. The molecule has 0 radical (unpaired) electrons. The first-order valence-electron chi connectivity index (χ1n) is 4.45. The van der Waals surface area contributed by atoms with E-state index in [-0.39, 0.29) is 0 Å². The van der Waals surface area contributed by atoms with E-state index in [2.05, 4.69) is 0 Å². The first kappa shape index (κ1) is 11.6. The lowest BCUT2D eigenvalue weighted by Gasteiger charge is -2.12. The number of amides is 1. The number of benzene rings is 1. The number of hydrogen-bond acceptors (Lipinski definition) is 3. The fourth-order valence-electron chi connectivity index (χ4n) is 1.16. The normalized spacial score (nSPS) is 9.40. The molecule has 1 amide bonds. The van der Waals surface area contributed by atoms with Gasteiger partial charge in [0.25, 0.3) is 0 Å². The average molecular weight is 220 g/mol. The van der Waals surface area contributed by atoms with Gasteiger partial charge in [0.1, 0.15) is 0 Å². The van der Waals surface area contributed by atoms with Crippen molar-refractivity contribution in [3.8, 4) is 6.07 Å². The van der Waals surface area contributed by atoms with Crippen LogP contribution in [0.5, 0.6) is 0 Å². The highest BCUT2D eigenvalue weighted by atomic mass is 32.2. The number of rotatable bonds is 3. The van der Waals surface area contributed by atoms with Crippen LogP contribution >= 0.6 is 11.8 Å². The monoisotopic (exact) mass is 220 g/mol. The van der Waals surface area contributed by atoms with Crippen molar-refractivity contribution >= 4 is 17.7 Å². The summed E-state index contributed by atoms with van der Waals surface area (Å²) in [6.45, 7) is 0.473. The van der Waals surface area contributed by atoms with Gasteiger partial charge in [-0.1, -0.05) is 12.1 Å². The largest absolute Gasteiger partial charge is 0.329 e. The Hall–Kier alpha value is -1.47. The zero-order valence-corrected chi connectivity index (χ0v) is 9.54. The van der Waals surface area contributed by atoms with Crippen molar-refractivity contribution in [2.45, 2.75) is 11.4 Å². The molecule has 0 fully saturated rings. The number of carbonyl (C=O) groups is 1. The average Bonchev–Trinajstić information content (AvgIpc) is 2.29. The van der Waals surface area contributed by atoms with Gasteiger partial charge in [0.15, 0.2) is 6.07 Å². The highest BCUT2D eigenvalue weighted by molar-refractivity contribution is 7.98. The number of nitrogens with zero attached hydrogens (tertiary/aromatic N) is 2. The maximum absolute atomic E-state index is 11.0. The molecular weight excluding hydrogens is 208 g/mol. The molecule has 0 bridgehead atoms. The van der Waals surface area contributed by atoms with Crippen molar-refractivity contribution in [3.63, 3.8) is 0 Å². The molecule has 3 nitrogen and oxygen atoms in total. The van der Waals surface area contributed by atoms with Crippen LogP contribution in [0, 0.1) is 11.3 Å². The predicted octanol–water partition coefficient (Wildman–Crippen LogP) is 1.89. The SMILES string of the molecule is CSc1ccc(CN(C)C(=O)C#N)cc1. The van der Waals surface area contributed by atoms with Gasteiger partial charge < -0.3 is 4.90 Å². The van der Waals surface area contributed by atoms with Gasteiger partial charge in [-0.3, -0.25) is 4.79 Å². The fraction of sp³-hybridized carbons (Fsp3) is 0.273. The quantitative estimate of drug-likeness (QED) is 0.577. The Morgan fingerprint density at radius 3 is 2.53 bits per heavy atom. The van der Waals surface area contributed by atoms with Gasteiger partial charge in [-0.15, -0.1) is 11.8 Å². The Morgan fingerprint density at radius 2 is 2.07 bits per heavy atom. The van der Waals surface area contributed by atoms with Gasteiger partial charge >= 0.3 is 5.91 Å². The van der Waals surface area contributed by atoms with E-state index in [4.69, 9.17) is 5.26 Å². The minimum absolute atomic E-state index is 0.473. The Morgan fingerprint density at radius 1 is 1.47 bits per heavy atom. The maximum atomic E-state index is 11.0. The van der Waals surface area contributed by atoms with Gasteiger partial charge in [-0.25, -0.2) is 0 Å². The molecule has 0 aliphatic heterocycles. The van der Waals surface area contributed by atoms with E-state index < -0.39 is 5.91 Å². The number of thioether (sulfide) groups is 1. The van der Waals surface area contributed by atoms with Crippen molar-refractivity contribution in [3.05, 3.63) is 29.8 Å². The topological polar surface area (TPSA) is 44.1 Å². The van der Waals surface area contributed by atoms with Crippen LogP contribution in [0.4, 0.5) is 0 Å². The molecule has 0 spiro atoms. The highest BCUT2D eigenvalue weighted by Gasteiger charge is 2.06. The van der Waals surface area contributed by atoms with E-state index in [0.29, 0.717) is 6.54 Å². The zero-order chi connectivity index (χ0) is 11.3. The van der Waals surface area contributed by atoms with E-state index in [1.54, 1.807) is 24.9 Å². The van der Waals surface area contributed by atoms with Crippen LogP contribution in [0.25, 0.3) is 0 Å². The lowest BCUT2D eigenvalue weighted by atomic mass is 10.2. The molecule has 15 heavy (non-hydrogen) atoms. The smallest absolute Gasteiger partial charge is 0.325 e. The minimum Gasteiger partial charge on any atom is -0.329 e. The van der Waals surface area contributed by atoms with Crippen LogP contribution in [-0.4, -0.2) is 24.1 Å². The molecule has 0 saturated carbocycles. The van der Waals surface area contributed by atoms with Crippen molar-refractivity contribution in [1.29, 1.82) is 5.26 Å². The van der Waals surface area contributed by atoms with E-state index >= 15 is 0 Å². The first-order chi connectivity index (χ1) is 7.17. The molecule has 0 heterocycles. The molecule has 0 aliphatic carbocycles. The number of nitriles is 1. The van der Waals surface area contributed by atoms with Crippen molar-refractivity contribution < 1.29 is 4.79 Å². The summed E-state index contributed by atoms with van der Waals surface area (Å²) in [4.78, 5) is 13.6. The third-order valence-electron chi connectivity index (χ3n) is 2.02. The van der Waals surface area contributed by atoms with E-state index in [0.717, 1.165) is 5.56 Å². The van der Waals surface area contributed by atoms with Gasteiger partial charge in [-0.05, 0) is 24.0 Å². The van der Waals surface area contributed by atoms with Gasteiger partial charge in [0, 0.05) is 18.5 Å². The molecule has 1 aromatic rings. The maximum Gasteiger partial charge on any atom is 0.325 e. The molecule has 0 unspecified atom stereocenters. The second-order valence-electron chi connectivity index (χ2n) is 3.12. The predicted molar refractivity (Wildman–Crippen MR) is 60.3 cm³/mol. The van der Waals surface area contributed by atoms with Crippen LogP contribution in [0.2, 0.25) is 0 Å². The van der Waals surface area contributed by atoms with E-state index in [1.807, 2.05) is 30.5 Å². The number of carbonyl (C=O) groups excluding carboxylic acids is 1. The molecule has 0 aliphatic rings.